The van der Waals surface area contributed by atoms with Crippen molar-refractivity contribution in [2.24, 2.45) is 0 Å². The van der Waals surface area contributed by atoms with Crippen LogP contribution in [0.15, 0.2) is 42.5 Å². The van der Waals surface area contributed by atoms with Crippen LogP contribution in [0.25, 0.3) is 0 Å². The minimum absolute atomic E-state index is 0.293. The fourth-order valence-electron chi connectivity index (χ4n) is 3.51. The second-order valence-electron chi connectivity index (χ2n) is 7.46. The van der Waals surface area contributed by atoms with E-state index in [0.29, 0.717) is 10.9 Å². The molecule has 2 aromatic carbocycles. The first-order valence-corrected chi connectivity index (χ1v) is 11.3. The van der Waals surface area contributed by atoms with E-state index < -0.39 is 29.5 Å². The predicted molar refractivity (Wildman–Crippen MR) is 118 cm³/mol. The molecule has 1 atom stereocenters. The van der Waals surface area contributed by atoms with Crippen LogP contribution in [-0.4, -0.2) is 30.3 Å². The van der Waals surface area contributed by atoms with Crippen LogP contribution in [0.3, 0.4) is 0 Å². The highest BCUT2D eigenvalue weighted by Crippen LogP contribution is 2.27. The van der Waals surface area contributed by atoms with Gasteiger partial charge in [-0.05, 0) is 42.7 Å². The zero-order valence-corrected chi connectivity index (χ0v) is 18.1. The number of carbonyl (C=O) groups excluding carboxylic acids is 2. The molecule has 1 unspecified atom stereocenters. The van der Waals surface area contributed by atoms with Gasteiger partial charge in [-0.15, -0.1) is 0 Å². The number of nitrogens with one attached hydrogen (secondary N) is 2. The Morgan fingerprint density at radius 3 is 2.48 bits per heavy atom. The molecule has 2 N–H and O–H groups in total. The minimum atomic E-state index is -1.11. The number of amides is 2. The number of halogens is 2. The summed E-state index contributed by atoms with van der Waals surface area (Å²) in [7, 11) is 0. The van der Waals surface area contributed by atoms with Gasteiger partial charge >= 0.3 is 0 Å². The summed E-state index contributed by atoms with van der Waals surface area (Å²) in [6.07, 6.45) is 1.79. The van der Waals surface area contributed by atoms with Crippen LogP contribution >= 0.6 is 11.8 Å². The first-order valence-electron chi connectivity index (χ1n) is 10.2. The lowest BCUT2D eigenvalue weighted by molar-refractivity contribution is -0.120. The van der Waals surface area contributed by atoms with Crippen molar-refractivity contribution in [2.75, 3.05) is 18.5 Å². The molecule has 0 radical (unpaired) electrons. The average Bonchev–Trinajstić information content (AvgIpc) is 2.72. The Balaban J connectivity index is 1.63. The van der Waals surface area contributed by atoms with Gasteiger partial charge < -0.3 is 15.4 Å². The molecule has 8 heteroatoms. The molecule has 1 aliphatic rings. The standard InChI is InChI=1S/C23H26F2N2O3S/c1-15(28)26-21(23-19(24)6-3-7-20(23)25)13-22(29)27-17-5-2-4-16(12-17)14-31-18-8-10-30-11-9-18/h2-7,12,18,21H,8-11,13-14H2,1H3,(H,26,28)(H,27,29). The third kappa shape index (κ3) is 7.04. The zero-order chi connectivity index (χ0) is 22.2. The Morgan fingerprint density at radius 1 is 1.13 bits per heavy atom. The summed E-state index contributed by atoms with van der Waals surface area (Å²) >= 11 is 1.87. The molecule has 166 valence electrons. The van der Waals surface area contributed by atoms with Crippen molar-refractivity contribution < 1.29 is 23.1 Å². The maximum absolute atomic E-state index is 14.2. The SMILES string of the molecule is CC(=O)NC(CC(=O)Nc1cccc(CSC2CCOCC2)c1)c1c(F)cccc1F. The number of rotatable bonds is 8. The number of carbonyl (C=O) groups is 2. The summed E-state index contributed by atoms with van der Waals surface area (Å²) in [6, 6.07) is 9.84. The maximum Gasteiger partial charge on any atom is 0.226 e. The smallest absolute Gasteiger partial charge is 0.226 e. The van der Waals surface area contributed by atoms with Gasteiger partial charge in [0.25, 0.3) is 0 Å². The van der Waals surface area contributed by atoms with Crippen LogP contribution in [0.4, 0.5) is 14.5 Å². The van der Waals surface area contributed by atoms with E-state index in [4.69, 9.17) is 4.74 Å². The van der Waals surface area contributed by atoms with E-state index >= 15 is 0 Å². The highest BCUT2D eigenvalue weighted by molar-refractivity contribution is 7.99. The van der Waals surface area contributed by atoms with Crippen LogP contribution in [0.2, 0.25) is 0 Å². The van der Waals surface area contributed by atoms with Gasteiger partial charge in [-0.25, -0.2) is 8.78 Å². The van der Waals surface area contributed by atoms with Crippen molar-refractivity contribution in [3.63, 3.8) is 0 Å². The van der Waals surface area contributed by atoms with E-state index in [-0.39, 0.29) is 12.0 Å². The number of ether oxygens (including phenoxy) is 1. The lowest BCUT2D eigenvalue weighted by Gasteiger charge is -2.21. The highest BCUT2D eigenvalue weighted by Gasteiger charge is 2.24. The summed E-state index contributed by atoms with van der Waals surface area (Å²) in [5.41, 5.74) is 1.35. The van der Waals surface area contributed by atoms with Crippen molar-refractivity contribution in [3.05, 3.63) is 65.2 Å². The molecule has 1 aliphatic heterocycles. The number of anilines is 1. The average molecular weight is 449 g/mol. The molecule has 0 aliphatic carbocycles. The van der Waals surface area contributed by atoms with Gasteiger partial charge in [-0.3, -0.25) is 9.59 Å². The van der Waals surface area contributed by atoms with E-state index in [1.54, 1.807) is 6.07 Å². The first kappa shape index (κ1) is 23.2. The third-order valence-electron chi connectivity index (χ3n) is 4.98. The molecule has 1 fully saturated rings. The lowest BCUT2D eigenvalue weighted by Crippen LogP contribution is -2.31. The second kappa shape index (κ2) is 11.2. The van der Waals surface area contributed by atoms with Crippen LogP contribution in [0.5, 0.6) is 0 Å². The number of benzene rings is 2. The van der Waals surface area contributed by atoms with Gasteiger partial charge in [-0.1, -0.05) is 18.2 Å². The molecule has 31 heavy (non-hydrogen) atoms. The Labute approximate surface area is 184 Å². The molecule has 0 aromatic heterocycles. The Bertz CT molecular complexity index is 899. The Morgan fingerprint density at radius 2 is 1.81 bits per heavy atom. The van der Waals surface area contributed by atoms with Crippen LogP contribution in [-0.2, 0) is 20.1 Å². The molecular formula is C23H26F2N2O3S. The lowest BCUT2D eigenvalue weighted by atomic mass is 10.0. The quantitative estimate of drug-likeness (QED) is 0.620. The molecule has 0 saturated carbocycles. The number of hydrogen-bond acceptors (Lipinski definition) is 4. The van der Waals surface area contributed by atoms with Gasteiger partial charge in [0.05, 0.1) is 12.5 Å². The molecule has 1 saturated heterocycles. The Hall–Kier alpha value is -2.45. The van der Waals surface area contributed by atoms with Crippen molar-refractivity contribution in [1.82, 2.24) is 5.32 Å². The molecule has 0 bridgehead atoms. The fraction of sp³-hybridized carbons (Fsp3) is 0.391. The fourth-order valence-corrected chi connectivity index (χ4v) is 4.64. The third-order valence-corrected chi connectivity index (χ3v) is 6.42. The second-order valence-corrected chi connectivity index (χ2v) is 8.75. The summed E-state index contributed by atoms with van der Waals surface area (Å²) in [4.78, 5) is 24.1. The van der Waals surface area contributed by atoms with Gasteiger partial charge in [0.1, 0.15) is 11.6 Å². The van der Waals surface area contributed by atoms with Crippen molar-refractivity contribution in [1.29, 1.82) is 0 Å². The Kier molecular flexibility index (Phi) is 8.43. The predicted octanol–water partition coefficient (Wildman–Crippen LogP) is 4.58. The highest BCUT2D eigenvalue weighted by atomic mass is 32.2. The number of hydrogen-bond donors (Lipinski definition) is 2. The summed E-state index contributed by atoms with van der Waals surface area (Å²) < 4.78 is 33.8. The molecule has 2 amide bonds. The van der Waals surface area contributed by atoms with Crippen LogP contribution in [0.1, 0.15) is 43.4 Å². The van der Waals surface area contributed by atoms with Crippen LogP contribution < -0.4 is 10.6 Å². The molecule has 1 heterocycles. The van der Waals surface area contributed by atoms with Crippen molar-refractivity contribution >= 4 is 29.3 Å². The van der Waals surface area contributed by atoms with E-state index in [9.17, 15) is 18.4 Å². The monoisotopic (exact) mass is 448 g/mol. The van der Waals surface area contributed by atoms with Crippen molar-refractivity contribution in [3.8, 4) is 0 Å². The summed E-state index contributed by atoms with van der Waals surface area (Å²) in [5.74, 6) is -1.72. The largest absolute Gasteiger partial charge is 0.381 e. The molecule has 2 aromatic rings. The van der Waals surface area contributed by atoms with Gasteiger partial charge in [-0.2, -0.15) is 11.8 Å². The van der Waals surface area contributed by atoms with Gasteiger partial charge in [0.2, 0.25) is 11.8 Å². The molecule has 3 rings (SSSR count). The molecule has 5 nitrogen and oxygen atoms in total. The van der Waals surface area contributed by atoms with E-state index in [1.165, 1.54) is 13.0 Å². The normalized spacial score (nSPS) is 15.3. The van der Waals surface area contributed by atoms with Gasteiger partial charge in [0, 0.05) is 42.4 Å². The first-order chi connectivity index (χ1) is 14.9. The molecule has 0 spiro atoms. The number of thioether (sulfide) groups is 1. The zero-order valence-electron chi connectivity index (χ0n) is 17.3. The van der Waals surface area contributed by atoms with E-state index in [2.05, 4.69) is 10.6 Å². The maximum atomic E-state index is 14.2. The summed E-state index contributed by atoms with van der Waals surface area (Å²) in [5, 5.41) is 5.81. The minimum Gasteiger partial charge on any atom is -0.381 e. The topological polar surface area (TPSA) is 67.4 Å². The van der Waals surface area contributed by atoms with Crippen LogP contribution in [0, 0.1) is 11.6 Å². The van der Waals surface area contributed by atoms with E-state index in [1.807, 2.05) is 30.0 Å². The summed E-state index contributed by atoms with van der Waals surface area (Å²) in [6.45, 7) is 2.83. The molecular weight excluding hydrogens is 422 g/mol. The van der Waals surface area contributed by atoms with Crippen molar-refractivity contribution in [2.45, 2.75) is 43.2 Å². The van der Waals surface area contributed by atoms with E-state index in [0.717, 1.165) is 49.5 Å². The van der Waals surface area contributed by atoms with Gasteiger partial charge in [0.15, 0.2) is 0 Å².